The molecule has 0 spiro atoms. The van der Waals surface area contributed by atoms with Crippen LogP contribution in [0.15, 0.2) is 41.3 Å². The van der Waals surface area contributed by atoms with E-state index < -0.39 is 10.0 Å². The molecule has 0 unspecified atom stereocenters. The monoisotopic (exact) mass is 367 g/mol. The van der Waals surface area contributed by atoms with Crippen molar-refractivity contribution in [3.8, 4) is 11.5 Å². The smallest absolute Gasteiger partial charge is 0.265 e. The number of benzene rings is 2. The SMILES string of the molecule is COc1cc(OC)c2c(c1)N(S(=O)(=O)c1ccccc1Cl)CCC2. The number of anilines is 1. The fourth-order valence-electron chi connectivity index (χ4n) is 2.92. The second-order valence-electron chi connectivity index (χ2n) is 5.44. The van der Waals surface area contributed by atoms with E-state index in [4.69, 9.17) is 21.1 Å². The Bertz CT molecular complexity index is 867. The van der Waals surface area contributed by atoms with Crippen LogP contribution in [0.2, 0.25) is 5.02 Å². The summed E-state index contributed by atoms with van der Waals surface area (Å²) in [5.41, 5.74) is 1.44. The summed E-state index contributed by atoms with van der Waals surface area (Å²) in [5, 5.41) is 0.208. The number of hydrogen-bond acceptors (Lipinski definition) is 4. The number of nitrogens with zero attached hydrogens (tertiary/aromatic N) is 1. The molecular weight excluding hydrogens is 350 g/mol. The van der Waals surface area contributed by atoms with Gasteiger partial charge in [-0.05, 0) is 25.0 Å². The molecule has 0 fully saturated rings. The molecule has 0 aliphatic carbocycles. The summed E-state index contributed by atoms with van der Waals surface area (Å²) in [6.07, 6.45) is 1.45. The van der Waals surface area contributed by atoms with E-state index in [2.05, 4.69) is 0 Å². The molecular formula is C17H18ClNO4S. The van der Waals surface area contributed by atoms with Gasteiger partial charge in [0.2, 0.25) is 0 Å². The van der Waals surface area contributed by atoms with E-state index in [0.717, 1.165) is 12.0 Å². The molecule has 24 heavy (non-hydrogen) atoms. The van der Waals surface area contributed by atoms with Gasteiger partial charge in [-0.15, -0.1) is 0 Å². The molecule has 7 heteroatoms. The standard InChI is InChI=1S/C17H18ClNO4S/c1-22-12-10-15-13(16(11-12)23-2)6-5-9-19(15)24(20,21)17-8-4-3-7-14(17)18/h3-4,7-8,10-11H,5-6,9H2,1-2H3. The molecule has 5 nitrogen and oxygen atoms in total. The van der Waals surface area contributed by atoms with E-state index in [1.807, 2.05) is 0 Å². The van der Waals surface area contributed by atoms with Crippen molar-refractivity contribution < 1.29 is 17.9 Å². The maximum absolute atomic E-state index is 13.1. The Morgan fingerprint density at radius 1 is 1.12 bits per heavy atom. The third-order valence-electron chi connectivity index (χ3n) is 4.08. The predicted molar refractivity (Wildman–Crippen MR) is 93.9 cm³/mol. The second kappa shape index (κ2) is 6.53. The van der Waals surface area contributed by atoms with Gasteiger partial charge < -0.3 is 9.47 Å². The largest absolute Gasteiger partial charge is 0.497 e. The average Bonchev–Trinajstić information content (AvgIpc) is 2.60. The van der Waals surface area contributed by atoms with Crippen molar-refractivity contribution in [3.05, 3.63) is 47.0 Å². The van der Waals surface area contributed by atoms with Crippen molar-refractivity contribution in [2.75, 3.05) is 25.1 Å². The Balaban J connectivity index is 2.18. The Morgan fingerprint density at radius 2 is 1.88 bits per heavy atom. The van der Waals surface area contributed by atoms with Gasteiger partial charge in [0.1, 0.15) is 16.4 Å². The molecule has 2 aromatic rings. The summed E-state index contributed by atoms with van der Waals surface area (Å²) in [4.78, 5) is 0.0984. The van der Waals surface area contributed by atoms with Crippen molar-refractivity contribution in [3.63, 3.8) is 0 Å². The highest BCUT2D eigenvalue weighted by molar-refractivity contribution is 7.93. The summed E-state index contributed by atoms with van der Waals surface area (Å²) in [7, 11) is -0.661. The minimum Gasteiger partial charge on any atom is -0.497 e. The molecule has 128 valence electrons. The van der Waals surface area contributed by atoms with Crippen LogP contribution in [0, 0.1) is 0 Å². The summed E-state index contributed by atoms with van der Waals surface area (Å²) in [6.45, 7) is 0.386. The van der Waals surface area contributed by atoms with Gasteiger partial charge >= 0.3 is 0 Å². The maximum Gasteiger partial charge on any atom is 0.265 e. The first-order valence-corrected chi connectivity index (χ1v) is 9.33. The Kier molecular flexibility index (Phi) is 4.60. The van der Waals surface area contributed by atoms with Crippen LogP contribution in [0.1, 0.15) is 12.0 Å². The van der Waals surface area contributed by atoms with Gasteiger partial charge in [0.25, 0.3) is 10.0 Å². The zero-order valence-electron chi connectivity index (χ0n) is 13.5. The molecule has 1 aliphatic heterocycles. The normalized spacial score (nSPS) is 14.2. The zero-order chi connectivity index (χ0) is 17.3. The molecule has 0 atom stereocenters. The zero-order valence-corrected chi connectivity index (χ0v) is 15.0. The minimum atomic E-state index is -3.77. The molecule has 0 saturated carbocycles. The van der Waals surface area contributed by atoms with Crippen LogP contribution >= 0.6 is 11.6 Å². The van der Waals surface area contributed by atoms with Gasteiger partial charge in [0, 0.05) is 24.2 Å². The molecule has 0 amide bonds. The Labute approximate surface area is 146 Å². The lowest BCUT2D eigenvalue weighted by atomic mass is 10.0. The van der Waals surface area contributed by atoms with E-state index in [-0.39, 0.29) is 9.92 Å². The van der Waals surface area contributed by atoms with Crippen LogP contribution < -0.4 is 13.8 Å². The molecule has 0 bridgehead atoms. The molecule has 1 heterocycles. The summed E-state index contributed by atoms with van der Waals surface area (Å²) in [5.74, 6) is 1.18. The maximum atomic E-state index is 13.1. The van der Waals surface area contributed by atoms with E-state index >= 15 is 0 Å². The van der Waals surface area contributed by atoms with Gasteiger partial charge in [-0.25, -0.2) is 8.42 Å². The molecule has 0 radical (unpaired) electrons. The average molecular weight is 368 g/mol. The number of fused-ring (bicyclic) bond motifs is 1. The van der Waals surface area contributed by atoms with E-state index in [1.165, 1.54) is 17.5 Å². The molecule has 3 rings (SSSR count). The third-order valence-corrected chi connectivity index (χ3v) is 6.39. The molecule has 0 aromatic heterocycles. The lowest BCUT2D eigenvalue weighted by molar-refractivity contribution is 0.390. The fraction of sp³-hybridized carbons (Fsp3) is 0.294. The predicted octanol–water partition coefficient (Wildman–Crippen LogP) is 3.50. The minimum absolute atomic E-state index is 0.0984. The summed E-state index contributed by atoms with van der Waals surface area (Å²) >= 11 is 6.12. The lowest BCUT2D eigenvalue weighted by Crippen LogP contribution is -2.35. The van der Waals surface area contributed by atoms with Crippen LogP contribution in [-0.4, -0.2) is 29.2 Å². The first-order valence-electron chi connectivity index (χ1n) is 7.51. The third kappa shape index (κ3) is 2.80. The van der Waals surface area contributed by atoms with Gasteiger partial charge in [0.15, 0.2) is 0 Å². The Morgan fingerprint density at radius 3 is 2.54 bits per heavy atom. The van der Waals surface area contributed by atoms with E-state index in [0.29, 0.717) is 30.2 Å². The van der Waals surface area contributed by atoms with Gasteiger partial charge in [-0.2, -0.15) is 0 Å². The number of hydrogen-bond donors (Lipinski definition) is 0. The van der Waals surface area contributed by atoms with Crippen molar-refractivity contribution in [1.29, 1.82) is 0 Å². The van der Waals surface area contributed by atoms with Gasteiger partial charge in [-0.1, -0.05) is 23.7 Å². The summed E-state index contributed by atoms with van der Waals surface area (Å²) in [6, 6.07) is 9.96. The molecule has 0 N–H and O–H groups in total. The van der Waals surface area contributed by atoms with Crippen molar-refractivity contribution in [1.82, 2.24) is 0 Å². The number of rotatable bonds is 4. The van der Waals surface area contributed by atoms with Crippen molar-refractivity contribution in [2.45, 2.75) is 17.7 Å². The topological polar surface area (TPSA) is 55.8 Å². The van der Waals surface area contributed by atoms with Crippen LogP contribution in [0.5, 0.6) is 11.5 Å². The molecule has 0 saturated heterocycles. The highest BCUT2D eigenvalue weighted by Gasteiger charge is 2.32. The number of ether oxygens (including phenoxy) is 2. The molecule has 1 aliphatic rings. The fourth-order valence-corrected chi connectivity index (χ4v) is 4.94. The lowest BCUT2D eigenvalue weighted by Gasteiger charge is -2.32. The van der Waals surface area contributed by atoms with Crippen molar-refractivity contribution in [2.24, 2.45) is 0 Å². The van der Waals surface area contributed by atoms with E-state index in [9.17, 15) is 8.42 Å². The van der Waals surface area contributed by atoms with Crippen LogP contribution in [0.25, 0.3) is 0 Å². The van der Waals surface area contributed by atoms with Gasteiger partial charge in [-0.3, -0.25) is 4.31 Å². The highest BCUT2D eigenvalue weighted by atomic mass is 35.5. The number of sulfonamides is 1. The van der Waals surface area contributed by atoms with Gasteiger partial charge in [0.05, 0.1) is 24.9 Å². The second-order valence-corrected chi connectivity index (χ2v) is 7.68. The first kappa shape index (κ1) is 16.9. The van der Waals surface area contributed by atoms with Crippen LogP contribution in [0.3, 0.4) is 0 Å². The summed E-state index contributed by atoms with van der Waals surface area (Å²) < 4.78 is 38.4. The Hall–Kier alpha value is -1.92. The van der Waals surface area contributed by atoms with E-state index in [1.54, 1.807) is 37.4 Å². The quantitative estimate of drug-likeness (QED) is 0.829. The number of halogens is 1. The van der Waals surface area contributed by atoms with Crippen LogP contribution in [-0.2, 0) is 16.4 Å². The van der Waals surface area contributed by atoms with Crippen LogP contribution in [0.4, 0.5) is 5.69 Å². The highest BCUT2D eigenvalue weighted by Crippen LogP contribution is 2.41. The first-order chi connectivity index (χ1) is 11.5. The molecule has 2 aromatic carbocycles. The van der Waals surface area contributed by atoms with Crippen molar-refractivity contribution >= 4 is 27.3 Å². The number of methoxy groups -OCH3 is 2.